The van der Waals surface area contributed by atoms with Gasteiger partial charge in [-0.15, -0.1) is 0 Å². The van der Waals surface area contributed by atoms with Crippen LogP contribution in [0.4, 0.5) is 4.39 Å². The Morgan fingerprint density at radius 2 is 2.14 bits per heavy atom. The van der Waals surface area contributed by atoms with Crippen molar-refractivity contribution in [3.63, 3.8) is 0 Å². The number of hydrogen-bond donors (Lipinski definition) is 0. The Kier molecular flexibility index (Phi) is 3.68. The first-order valence-corrected chi connectivity index (χ1v) is 7.23. The van der Waals surface area contributed by atoms with Gasteiger partial charge in [-0.25, -0.2) is 4.39 Å². The molecule has 0 saturated heterocycles. The van der Waals surface area contributed by atoms with Crippen LogP contribution in [-0.2, 0) is 6.42 Å². The van der Waals surface area contributed by atoms with Crippen molar-refractivity contribution in [3.05, 3.63) is 57.3 Å². The molecular formula is C16H12BrFO3. The molecule has 0 N–H and O–H groups in total. The second-order valence-electron chi connectivity index (χ2n) is 4.72. The van der Waals surface area contributed by atoms with Crippen LogP contribution in [0.25, 0.3) is 0 Å². The Morgan fingerprint density at radius 1 is 1.33 bits per heavy atom. The summed E-state index contributed by atoms with van der Waals surface area (Å²) in [7, 11) is 1.37. The second kappa shape index (κ2) is 5.48. The Balaban J connectivity index is 2.07. The molecule has 0 fully saturated rings. The minimum Gasteiger partial charge on any atom is -0.494 e. The summed E-state index contributed by atoms with van der Waals surface area (Å²) < 4.78 is 24.8. The van der Waals surface area contributed by atoms with Crippen molar-refractivity contribution in [3.8, 4) is 11.5 Å². The zero-order valence-electron chi connectivity index (χ0n) is 11.3. The summed E-state index contributed by atoms with van der Waals surface area (Å²) in [5.74, 6) is -0.0441. The van der Waals surface area contributed by atoms with Gasteiger partial charge in [0.15, 0.2) is 17.3 Å². The SMILES string of the molecule is COc1cc(C(=O)c2cc(Br)cc3c2OCC3)ccc1F. The van der Waals surface area contributed by atoms with Crippen LogP contribution < -0.4 is 9.47 Å². The van der Waals surface area contributed by atoms with Crippen molar-refractivity contribution in [2.24, 2.45) is 0 Å². The Morgan fingerprint density at radius 3 is 2.90 bits per heavy atom. The van der Waals surface area contributed by atoms with Gasteiger partial charge >= 0.3 is 0 Å². The van der Waals surface area contributed by atoms with Crippen molar-refractivity contribution in [2.75, 3.05) is 13.7 Å². The normalized spacial score (nSPS) is 12.7. The molecule has 0 bridgehead atoms. The predicted molar refractivity (Wildman–Crippen MR) is 79.7 cm³/mol. The maximum Gasteiger partial charge on any atom is 0.196 e. The molecule has 0 unspecified atom stereocenters. The summed E-state index contributed by atoms with van der Waals surface area (Å²) in [6.45, 7) is 0.568. The highest BCUT2D eigenvalue weighted by atomic mass is 79.9. The largest absolute Gasteiger partial charge is 0.494 e. The van der Waals surface area contributed by atoms with E-state index in [0.717, 1.165) is 16.5 Å². The summed E-state index contributed by atoms with van der Waals surface area (Å²) in [6.07, 6.45) is 0.780. The van der Waals surface area contributed by atoms with Gasteiger partial charge in [-0.1, -0.05) is 15.9 Å². The number of methoxy groups -OCH3 is 1. The molecule has 1 heterocycles. The van der Waals surface area contributed by atoms with E-state index in [9.17, 15) is 9.18 Å². The molecular weight excluding hydrogens is 339 g/mol. The maximum absolute atomic E-state index is 13.5. The number of carbonyl (C=O) groups is 1. The molecule has 0 spiro atoms. The number of fused-ring (bicyclic) bond motifs is 1. The van der Waals surface area contributed by atoms with Crippen LogP contribution in [0.2, 0.25) is 0 Å². The zero-order valence-corrected chi connectivity index (χ0v) is 12.9. The standard InChI is InChI=1S/C16H12BrFO3/c1-20-14-7-9(2-3-13(14)18)15(19)12-8-11(17)6-10-4-5-21-16(10)12/h2-3,6-8H,4-5H2,1H3. The van der Waals surface area contributed by atoms with Crippen molar-refractivity contribution in [2.45, 2.75) is 6.42 Å². The fourth-order valence-electron chi connectivity index (χ4n) is 2.39. The first-order chi connectivity index (χ1) is 10.1. The van der Waals surface area contributed by atoms with Gasteiger partial charge in [0.1, 0.15) is 5.75 Å². The van der Waals surface area contributed by atoms with Crippen LogP contribution in [0, 0.1) is 5.82 Å². The summed E-state index contributed by atoms with van der Waals surface area (Å²) in [5, 5.41) is 0. The van der Waals surface area contributed by atoms with E-state index in [-0.39, 0.29) is 11.5 Å². The first kappa shape index (κ1) is 14.1. The molecule has 21 heavy (non-hydrogen) atoms. The van der Waals surface area contributed by atoms with Crippen LogP contribution in [0.1, 0.15) is 21.5 Å². The monoisotopic (exact) mass is 350 g/mol. The average molecular weight is 351 g/mol. The third kappa shape index (κ3) is 2.53. The van der Waals surface area contributed by atoms with Crippen LogP contribution in [0.5, 0.6) is 11.5 Å². The van der Waals surface area contributed by atoms with Crippen molar-refractivity contribution >= 4 is 21.7 Å². The van der Waals surface area contributed by atoms with E-state index < -0.39 is 5.82 Å². The van der Waals surface area contributed by atoms with Gasteiger partial charge in [-0.3, -0.25) is 4.79 Å². The second-order valence-corrected chi connectivity index (χ2v) is 5.63. The highest BCUT2D eigenvalue weighted by Crippen LogP contribution is 2.34. The number of benzene rings is 2. The molecule has 2 aromatic rings. The molecule has 0 amide bonds. The molecule has 108 valence electrons. The van der Waals surface area contributed by atoms with Gasteiger partial charge < -0.3 is 9.47 Å². The lowest BCUT2D eigenvalue weighted by atomic mass is 9.99. The average Bonchev–Trinajstić information content (AvgIpc) is 2.94. The number of carbonyl (C=O) groups excluding carboxylic acids is 1. The smallest absolute Gasteiger partial charge is 0.196 e. The number of ketones is 1. The van der Waals surface area contributed by atoms with E-state index in [1.54, 1.807) is 6.07 Å². The topological polar surface area (TPSA) is 35.5 Å². The molecule has 3 nitrogen and oxygen atoms in total. The minimum absolute atomic E-state index is 0.0495. The predicted octanol–water partition coefficient (Wildman–Crippen LogP) is 3.76. The van der Waals surface area contributed by atoms with E-state index in [1.807, 2.05) is 6.07 Å². The zero-order chi connectivity index (χ0) is 15.0. The number of hydrogen-bond acceptors (Lipinski definition) is 3. The lowest BCUT2D eigenvalue weighted by Crippen LogP contribution is -2.05. The van der Waals surface area contributed by atoms with E-state index >= 15 is 0 Å². The molecule has 5 heteroatoms. The van der Waals surface area contributed by atoms with Gasteiger partial charge in [-0.05, 0) is 35.9 Å². The van der Waals surface area contributed by atoms with Gasteiger partial charge in [0, 0.05) is 16.5 Å². The van der Waals surface area contributed by atoms with E-state index in [1.165, 1.54) is 25.3 Å². The highest BCUT2D eigenvalue weighted by Gasteiger charge is 2.23. The number of rotatable bonds is 3. The van der Waals surface area contributed by atoms with Gasteiger partial charge in [-0.2, -0.15) is 0 Å². The molecule has 2 aromatic carbocycles. The molecule has 0 atom stereocenters. The molecule has 3 rings (SSSR count). The summed E-state index contributed by atoms with van der Waals surface area (Å²) in [5.41, 5.74) is 1.84. The maximum atomic E-state index is 13.5. The Hall–Kier alpha value is -1.88. The first-order valence-electron chi connectivity index (χ1n) is 6.43. The molecule has 0 aromatic heterocycles. The van der Waals surface area contributed by atoms with Gasteiger partial charge in [0.05, 0.1) is 19.3 Å². The van der Waals surface area contributed by atoms with Gasteiger partial charge in [0.25, 0.3) is 0 Å². The van der Waals surface area contributed by atoms with Crippen molar-refractivity contribution < 1.29 is 18.7 Å². The van der Waals surface area contributed by atoms with Crippen LogP contribution in [0.3, 0.4) is 0 Å². The molecule has 0 aliphatic carbocycles. The van der Waals surface area contributed by atoms with Crippen LogP contribution in [0.15, 0.2) is 34.8 Å². The Bertz CT molecular complexity index is 728. The summed E-state index contributed by atoms with van der Waals surface area (Å²) in [4.78, 5) is 12.7. The number of halogens is 2. The minimum atomic E-state index is -0.496. The van der Waals surface area contributed by atoms with Crippen LogP contribution >= 0.6 is 15.9 Å². The quantitative estimate of drug-likeness (QED) is 0.790. The third-order valence-corrected chi connectivity index (χ3v) is 3.86. The van der Waals surface area contributed by atoms with Crippen LogP contribution in [-0.4, -0.2) is 19.5 Å². The van der Waals surface area contributed by atoms with Gasteiger partial charge in [0.2, 0.25) is 0 Å². The summed E-state index contributed by atoms with van der Waals surface area (Å²) in [6, 6.07) is 7.75. The Labute approximate surface area is 129 Å². The van der Waals surface area contributed by atoms with Crippen molar-refractivity contribution in [1.82, 2.24) is 0 Å². The highest BCUT2D eigenvalue weighted by molar-refractivity contribution is 9.10. The van der Waals surface area contributed by atoms with E-state index in [2.05, 4.69) is 15.9 Å². The lowest BCUT2D eigenvalue weighted by Gasteiger charge is -2.09. The number of ether oxygens (including phenoxy) is 2. The fraction of sp³-hybridized carbons (Fsp3) is 0.188. The fourth-order valence-corrected chi connectivity index (χ4v) is 2.90. The molecule has 1 aliphatic heterocycles. The lowest BCUT2D eigenvalue weighted by molar-refractivity contribution is 0.103. The molecule has 0 radical (unpaired) electrons. The van der Waals surface area contributed by atoms with E-state index in [4.69, 9.17) is 9.47 Å². The molecule has 0 saturated carbocycles. The summed E-state index contributed by atoms with van der Waals surface area (Å²) >= 11 is 3.40. The van der Waals surface area contributed by atoms with E-state index in [0.29, 0.717) is 23.5 Å². The third-order valence-electron chi connectivity index (χ3n) is 3.41. The van der Waals surface area contributed by atoms with Crippen molar-refractivity contribution in [1.29, 1.82) is 0 Å². The molecule has 1 aliphatic rings.